The molecule has 0 bridgehead atoms. The maximum absolute atomic E-state index is 13.0. The van der Waals surface area contributed by atoms with Gasteiger partial charge in [0.05, 0.1) is 39.8 Å². The van der Waals surface area contributed by atoms with Gasteiger partial charge in [-0.25, -0.2) is 18.2 Å². The molecule has 16 heteroatoms. The third kappa shape index (κ3) is 7.05. The molecule has 0 spiro atoms. The van der Waals surface area contributed by atoms with E-state index in [0.717, 1.165) is 0 Å². The van der Waals surface area contributed by atoms with Crippen LogP contribution in [0.2, 0.25) is 5.02 Å². The van der Waals surface area contributed by atoms with E-state index in [1.807, 2.05) is 18.7 Å². The van der Waals surface area contributed by atoms with Crippen molar-refractivity contribution in [2.24, 2.45) is 5.73 Å². The summed E-state index contributed by atoms with van der Waals surface area (Å²) in [4.78, 5) is 32.9. The third-order valence-corrected chi connectivity index (χ3v) is 8.42. The number of aromatic nitrogens is 2. The van der Waals surface area contributed by atoms with Gasteiger partial charge in [-0.2, -0.15) is 4.98 Å². The van der Waals surface area contributed by atoms with E-state index in [0.29, 0.717) is 24.5 Å². The van der Waals surface area contributed by atoms with Crippen molar-refractivity contribution in [3.8, 4) is 11.5 Å². The van der Waals surface area contributed by atoms with Gasteiger partial charge in [0.2, 0.25) is 5.95 Å². The fourth-order valence-electron chi connectivity index (χ4n) is 3.84. The molecule has 220 valence electrons. The quantitative estimate of drug-likeness (QED) is 0.184. The number of primary amides is 1. The maximum atomic E-state index is 13.0. The number of hydrogen-bond donors (Lipinski definition) is 3. The molecule has 0 saturated heterocycles. The van der Waals surface area contributed by atoms with Crippen molar-refractivity contribution >= 4 is 62.0 Å². The van der Waals surface area contributed by atoms with E-state index < -0.39 is 26.1 Å². The smallest absolute Gasteiger partial charge is 0.409 e. The summed E-state index contributed by atoms with van der Waals surface area (Å²) in [6, 6.07) is 6.70. The number of ether oxygens (including phenoxy) is 2. The molecule has 0 aliphatic carbocycles. The van der Waals surface area contributed by atoms with Gasteiger partial charge in [-0.05, 0) is 39.8 Å². The summed E-state index contributed by atoms with van der Waals surface area (Å²) in [5.41, 5.74) is 5.57. The zero-order valence-electron chi connectivity index (χ0n) is 23.0. The number of carbonyl (C=O) groups excluding carboxylic acids is 1. The van der Waals surface area contributed by atoms with Gasteiger partial charge in [0.1, 0.15) is 22.2 Å². The second-order valence-electron chi connectivity index (χ2n) is 8.78. The minimum absolute atomic E-state index is 0.00572. The summed E-state index contributed by atoms with van der Waals surface area (Å²) < 4.78 is 36.4. The van der Waals surface area contributed by atoms with Gasteiger partial charge >= 0.3 is 6.09 Å². The lowest BCUT2D eigenvalue weighted by Crippen LogP contribution is -2.23. The molecule has 0 aliphatic heterocycles. The Labute approximate surface area is 241 Å². The lowest BCUT2D eigenvalue weighted by Gasteiger charge is -2.22. The first-order chi connectivity index (χ1) is 19.3. The van der Waals surface area contributed by atoms with Gasteiger partial charge in [-0.1, -0.05) is 11.6 Å². The number of sulfone groups is 1. The van der Waals surface area contributed by atoms with Crippen LogP contribution in [0.1, 0.15) is 27.7 Å². The fraction of sp³-hybridized carbons (Fsp3) is 0.320. The Morgan fingerprint density at radius 2 is 1.85 bits per heavy atom. The van der Waals surface area contributed by atoms with Crippen molar-refractivity contribution in [1.29, 1.82) is 0 Å². The van der Waals surface area contributed by atoms with Crippen LogP contribution in [0.4, 0.5) is 39.3 Å². The first kappa shape index (κ1) is 31.2. The van der Waals surface area contributed by atoms with Gasteiger partial charge < -0.3 is 30.7 Å². The van der Waals surface area contributed by atoms with Gasteiger partial charge in [-0.15, -0.1) is 0 Å². The normalized spacial score (nSPS) is 11.2. The zero-order valence-corrected chi connectivity index (χ0v) is 24.5. The number of nitrogens with two attached hydrogens (primary N) is 1. The van der Waals surface area contributed by atoms with Crippen LogP contribution in [-0.4, -0.2) is 54.9 Å². The summed E-state index contributed by atoms with van der Waals surface area (Å²) in [5, 5.41) is 16.9. The Balaban J connectivity index is 2.07. The van der Waals surface area contributed by atoms with Crippen molar-refractivity contribution in [2.45, 2.75) is 37.8 Å². The predicted octanol–water partition coefficient (Wildman–Crippen LogP) is 5.02. The fourth-order valence-corrected chi connectivity index (χ4v) is 5.16. The van der Waals surface area contributed by atoms with Crippen LogP contribution in [-0.2, 0) is 9.84 Å². The first-order valence-corrected chi connectivity index (χ1v) is 14.3. The molecule has 1 aromatic heterocycles. The summed E-state index contributed by atoms with van der Waals surface area (Å²) in [5.74, 6) is 0.246. The van der Waals surface area contributed by atoms with Gasteiger partial charge in [0, 0.05) is 31.3 Å². The number of carbonyl (C=O) groups is 1. The lowest BCUT2D eigenvalue weighted by molar-refractivity contribution is -0.384. The van der Waals surface area contributed by atoms with Crippen LogP contribution in [0.15, 0.2) is 41.4 Å². The van der Waals surface area contributed by atoms with E-state index in [-0.39, 0.29) is 44.5 Å². The average molecular weight is 608 g/mol. The zero-order chi connectivity index (χ0) is 30.5. The monoisotopic (exact) mass is 607 g/mol. The van der Waals surface area contributed by atoms with Crippen LogP contribution in [0.3, 0.4) is 0 Å². The molecule has 3 aromatic rings. The molecule has 3 rings (SSSR count). The van der Waals surface area contributed by atoms with E-state index in [4.69, 9.17) is 26.8 Å². The van der Waals surface area contributed by atoms with E-state index in [2.05, 4.69) is 20.6 Å². The number of methoxy groups -OCH3 is 1. The molecule has 41 heavy (non-hydrogen) atoms. The van der Waals surface area contributed by atoms with Crippen molar-refractivity contribution in [3.05, 3.63) is 51.7 Å². The van der Waals surface area contributed by atoms with Crippen LogP contribution in [0.25, 0.3) is 0 Å². The van der Waals surface area contributed by atoms with Crippen molar-refractivity contribution in [1.82, 2.24) is 9.97 Å². The summed E-state index contributed by atoms with van der Waals surface area (Å²) in [6.07, 6.45) is 0.169. The highest BCUT2D eigenvalue weighted by molar-refractivity contribution is 7.92. The Hall–Kier alpha value is -4.37. The van der Waals surface area contributed by atoms with E-state index in [1.165, 1.54) is 51.4 Å². The molecule has 0 saturated carbocycles. The molecule has 0 unspecified atom stereocenters. The number of anilines is 5. The number of amides is 1. The van der Waals surface area contributed by atoms with Gasteiger partial charge in [-0.3, -0.25) is 10.1 Å². The first-order valence-electron chi connectivity index (χ1n) is 12.3. The van der Waals surface area contributed by atoms with Crippen LogP contribution in [0.5, 0.6) is 11.5 Å². The van der Waals surface area contributed by atoms with Crippen LogP contribution in [0, 0.1) is 10.1 Å². The highest BCUT2D eigenvalue weighted by atomic mass is 35.5. The largest absolute Gasteiger partial charge is 0.494 e. The molecule has 1 heterocycles. The molecule has 14 nitrogen and oxygen atoms in total. The molecule has 1 amide bonds. The second kappa shape index (κ2) is 12.9. The standard InChI is InChI=1S/C25H30ClN7O7S/c1-6-32(7-2)19-12-21(39-5)17(11-20(19)33(35)36)30-25-28-13-16(26)23(31-25)29-18-10-15(40-24(27)34)8-9-22(18)41(37,38)14(3)4/h8-14H,6-7H2,1-5H3,(H2,27,34)(H2,28,29,30,31). The molecule has 0 aliphatic rings. The number of rotatable bonds is 12. The predicted molar refractivity (Wildman–Crippen MR) is 156 cm³/mol. The SMILES string of the molecule is CCN(CC)c1cc(OC)c(Nc2ncc(Cl)c(Nc3cc(OC(N)=O)ccc3S(=O)(=O)C(C)C)n2)cc1[N+](=O)[O-]. The molecule has 0 atom stereocenters. The number of benzene rings is 2. The summed E-state index contributed by atoms with van der Waals surface area (Å²) in [6.45, 7) is 7.89. The molecule has 4 N–H and O–H groups in total. The second-order valence-corrected chi connectivity index (χ2v) is 11.7. The van der Waals surface area contributed by atoms with E-state index in [9.17, 15) is 23.3 Å². The van der Waals surface area contributed by atoms with Crippen LogP contribution >= 0.6 is 11.6 Å². The number of halogens is 1. The van der Waals surface area contributed by atoms with Crippen molar-refractivity contribution in [2.75, 3.05) is 35.7 Å². The number of nitrogens with zero attached hydrogens (tertiary/aromatic N) is 4. The van der Waals surface area contributed by atoms with E-state index in [1.54, 1.807) is 6.07 Å². The highest BCUT2D eigenvalue weighted by Gasteiger charge is 2.25. The minimum Gasteiger partial charge on any atom is -0.494 e. The molecule has 0 fully saturated rings. The van der Waals surface area contributed by atoms with Crippen LogP contribution < -0.4 is 30.7 Å². The number of hydrogen-bond acceptors (Lipinski definition) is 12. The Kier molecular flexibility index (Phi) is 9.78. The molecule has 2 aromatic carbocycles. The molecule has 0 radical (unpaired) electrons. The summed E-state index contributed by atoms with van der Waals surface area (Å²) in [7, 11) is -2.38. The Morgan fingerprint density at radius 1 is 1.17 bits per heavy atom. The van der Waals surface area contributed by atoms with Gasteiger partial charge in [0.25, 0.3) is 5.69 Å². The number of nitro groups is 1. The molecular formula is C25H30ClN7O7S. The minimum atomic E-state index is -3.80. The Bertz CT molecular complexity index is 1560. The Morgan fingerprint density at radius 3 is 2.41 bits per heavy atom. The summed E-state index contributed by atoms with van der Waals surface area (Å²) >= 11 is 6.33. The lowest BCUT2D eigenvalue weighted by atomic mass is 10.2. The number of nitro benzene ring substituents is 1. The van der Waals surface area contributed by atoms with Crippen molar-refractivity contribution < 1.29 is 27.6 Å². The molecular weight excluding hydrogens is 578 g/mol. The highest BCUT2D eigenvalue weighted by Crippen LogP contribution is 2.40. The topological polar surface area (TPSA) is 192 Å². The average Bonchev–Trinajstić information content (AvgIpc) is 2.91. The third-order valence-electron chi connectivity index (χ3n) is 5.94. The van der Waals surface area contributed by atoms with Gasteiger partial charge in [0.15, 0.2) is 15.7 Å². The maximum Gasteiger partial charge on any atom is 0.409 e. The van der Waals surface area contributed by atoms with Crippen molar-refractivity contribution in [3.63, 3.8) is 0 Å². The number of nitrogens with one attached hydrogen (secondary N) is 2. The van der Waals surface area contributed by atoms with E-state index >= 15 is 0 Å².